The molecular weight excluding hydrogens is 174 g/mol. The topological polar surface area (TPSA) is 43.8 Å². The second kappa shape index (κ2) is 3.54. The van der Waals surface area contributed by atoms with Crippen molar-refractivity contribution in [3.8, 4) is 11.3 Å². The molecule has 3 heteroatoms. The van der Waals surface area contributed by atoms with Crippen molar-refractivity contribution in [1.29, 1.82) is 0 Å². The van der Waals surface area contributed by atoms with Gasteiger partial charge in [-0.3, -0.25) is 0 Å². The van der Waals surface area contributed by atoms with Gasteiger partial charge >= 0.3 is 0 Å². The summed E-state index contributed by atoms with van der Waals surface area (Å²) in [6.07, 6.45) is 3.71. The number of nitrogen functional groups attached to an aromatic ring is 1. The van der Waals surface area contributed by atoms with Crippen molar-refractivity contribution in [1.82, 2.24) is 9.55 Å². The maximum absolute atomic E-state index is 5.63. The third-order valence-corrected chi connectivity index (χ3v) is 2.26. The number of benzene rings is 1. The molecule has 0 aliphatic rings. The van der Waals surface area contributed by atoms with E-state index in [1.165, 1.54) is 0 Å². The van der Waals surface area contributed by atoms with Gasteiger partial charge in [-0.25, -0.2) is 4.98 Å². The standard InChI is InChI=1S/C11H13N3/c1-2-14-8-13-7-11(14)9-3-5-10(12)6-4-9/h3-8H,2,12H2,1H3. The summed E-state index contributed by atoms with van der Waals surface area (Å²) in [5, 5.41) is 0. The highest BCUT2D eigenvalue weighted by molar-refractivity contribution is 5.61. The van der Waals surface area contributed by atoms with Crippen LogP contribution in [0.4, 0.5) is 5.69 Å². The van der Waals surface area contributed by atoms with Gasteiger partial charge in [-0.2, -0.15) is 0 Å². The van der Waals surface area contributed by atoms with E-state index in [2.05, 4.69) is 16.5 Å². The molecule has 0 aliphatic carbocycles. The van der Waals surface area contributed by atoms with E-state index in [0.717, 1.165) is 23.5 Å². The normalized spacial score (nSPS) is 10.4. The number of aromatic nitrogens is 2. The highest BCUT2D eigenvalue weighted by Crippen LogP contribution is 2.19. The van der Waals surface area contributed by atoms with E-state index in [1.807, 2.05) is 36.8 Å². The monoisotopic (exact) mass is 187 g/mol. The van der Waals surface area contributed by atoms with Gasteiger partial charge in [0.2, 0.25) is 0 Å². The SMILES string of the molecule is CCn1cncc1-c1ccc(N)cc1. The molecule has 72 valence electrons. The van der Waals surface area contributed by atoms with Gasteiger partial charge in [0, 0.05) is 12.2 Å². The van der Waals surface area contributed by atoms with Crippen LogP contribution < -0.4 is 5.73 Å². The summed E-state index contributed by atoms with van der Waals surface area (Å²) in [5.74, 6) is 0. The smallest absolute Gasteiger partial charge is 0.0950 e. The van der Waals surface area contributed by atoms with Crippen molar-refractivity contribution in [3.05, 3.63) is 36.8 Å². The second-order valence-electron chi connectivity index (χ2n) is 3.19. The predicted octanol–water partition coefficient (Wildman–Crippen LogP) is 2.15. The Kier molecular flexibility index (Phi) is 2.23. The molecule has 0 radical (unpaired) electrons. The van der Waals surface area contributed by atoms with Crippen LogP contribution in [-0.2, 0) is 6.54 Å². The molecule has 0 atom stereocenters. The molecule has 1 aromatic carbocycles. The zero-order chi connectivity index (χ0) is 9.97. The Morgan fingerprint density at radius 3 is 2.64 bits per heavy atom. The van der Waals surface area contributed by atoms with Gasteiger partial charge in [-0.1, -0.05) is 12.1 Å². The van der Waals surface area contributed by atoms with E-state index < -0.39 is 0 Å². The fourth-order valence-electron chi connectivity index (χ4n) is 1.47. The average molecular weight is 187 g/mol. The molecule has 0 bridgehead atoms. The van der Waals surface area contributed by atoms with E-state index in [9.17, 15) is 0 Å². The van der Waals surface area contributed by atoms with Crippen LogP contribution >= 0.6 is 0 Å². The van der Waals surface area contributed by atoms with Crippen LogP contribution in [0.2, 0.25) is 0 Å². The molecule has 0 saturated heterocycles. The third kappa shape index (κ3) is 1.48. The zero-order valence-electron chi connectivity index (χ0n) is 8.14. The number of anilines is 1. The molecular formula is C11H13N3. The number of imidazole rings is 1. The number of nitrogens with two attached hydrogens (primary N) is 1. The van der Waals surface area contributed by atoms with Crippen molar-refractivity contribution in [2.45, 2.75) is 13.5 Å². The Labute approximate surface area is 83.2 Å². The number of hydrogen-bond donors (Lipinski definition) is 1. The molecule has 2 aromatic rings. The van der Waals surface area contributed by atoms with Gasteiger partial charge in [0.05, 0.1) is 18.2 Å². The molecule has 0 unspecified atom stereocenters. The first-order valence-corrected chi connectivity index (χ1v) is 4.67. The Bertz CT molecular complexity index is 414. The largest absolute Gasteiger partial charge is 0.399 e. The lowest BCUT2D eigenvalue weighted by atomic mass is 10.1. The highest BCUT2D eigenvalue weighted by atomic mass is 15.0. The zero-order valence-corrected chi connectivity index (χ0v) is 8.14. The minimum Gasteiger partial charge on any atom is -0.399 e. The molecule has 14 heavy (non-hydrogen) atoms. The third-order valence-electron chi connectivity index (χ3n) is 2.26. The predicted molar refractivity (Wildman–Crippen MR) is 57.7 cm³/mol. The first kappa shape index (κ1) is 8.81. The van der Waals surface area contributed by atoms with Gasteiger partial charge in [0.25, 0.3) is 0 Å². The Balaban J connectivity index is 2.44. The second-order valence-corrected chi connectivity index (χ2v) is 3.19. The Morgan fingerprint density at radius 1 is 1.29 bits per heavy atom. The summed E-state index contributed by atoms with van der Waals surface area (Å²) < 4.78 is 2.10. The molecule has 0 saturated carbocycles. The lowest BCUT2D eigenvalue weighted by Crippen LogP contribution is -1.94. The van der Waals surface area contributed by atoms with Gasteiger partial charge in [0.15, 0.2) is 0 Å². The summed E-state index contributed by atoms with van der Waals surface area (Å²) in [6.45, 7) is 3.03. The number of hydrogen-bond acceptors (Lipinski definition) is 2. The fraction of sp³-hybridized carbons (Fsp3) is 0.182. The first-order valence-electron chi connectivity index (χ1n) is 4.67. The summed E-state index contributed by atoms with van der Waals surface area (Å²) in [7, 11) is 0. The molecule has 0 spiro atoms. The maximum Gasteiger partial charge on any atom is 0.0950 e. The lowest BCUT2D eigenvalue weighted by molar-refractivity contribution is 0.769. The van der Waals surface area contributed by atoms with Crippen LogP contribution in [0.1, 0.15) is 6.92 Å². The maximum atomic E-state index is 5.63. The van der Waals surface area contributed by atoms with Crippen LogP contribution in [0.25, 0.3) is 11.3 Å². The summed E-state index contributed by atoms with van der Waals surface area (Å²) in [6, 6.07) is 7.83. The molecule has 2 rings (SSSR count). The molecule has 0 amide bonds. The Morgan fingerprint density at radius 2 is 2.00 bits per heavy atom. The van der Waals surface area contributed by atoms with Crippen molar-refractivity contribution >= 4 is 5.69 Å². The molecule has 2 N–H and O–H groups in total. The van der Waals surface area contributed by atoms with Gasteiger partial charge < -0.3 is 10.3 Å². The van der Waals surface area contributed by atoms with Crippen molar-refractivity contribution in [2.75, 3.05) is 5.73 Å². The molecule has 1 aromatic heterocycles. The lowest BCUT2D eigenvalue weighted by Gasteiger charge is -2.04. The van der Waals surface area contributed by atoms with Crippen molar-refractivity contribution in [3.63, 3.8) is 0 Å². The summed E-state index contributed by atoms with van der Waals surface area (Å²) >= 11 is 0. The van der Waals surface area contributed by atoms with Crippen molar-refractivity contribution < 1.29 is 0 Å². The van der Waals surface area contributed by atoms with E-state index >= 15 is 0 Å². The minimum absolute atomic E-state index is 0.788. The Hall–Kier alpha value is -1.77. The van der Waals surface area contributed by atoms with Crippen LogP contribution in [0.3, 0.4) is 0 Å². The van der Waals surface area contributed by atoms with Crippen LogP contribution in [-0.4, -0.2) is 9.55 Å². The first-order chi connectivity index (χ1) is 6.81. The average Bonchev–Trinajstić information content (AvgIpc) is 2.67. The minimum atomic E-state index is 0.788. The number of rotatable bonds is 2. The number of aryl methyl sites for hydroxylation is 1. The van der Waals surface area contributed by atoms with Gasteiger partial charge in [-0.05, 0) is 24.6 Å². The highest BCUT2D eigenvalue weighted by Gasteiger charge is 2.02. The van der Waals surface area contributed by atoms with E-state index in [1.54, 1.807) is 0 Å². The van der Waals surface area contributed by atoms with Crippen molar-refractivity contribution in [2.24, 2.45) is 0 Å². The van der Waals surface area contributed by atoms with Gasteiger partial charge in [-0.15, -0.1) is 0 Å². The molecule has 3 nitrogen and oxygen atoms in total. The van der Waals surface area contributed by atoms with Crippen LogP contribution in [0.5, 0.6) is 0 Å². The van der Waals surface area contributed by atoms with Gasteiger partial charge in [0.1, 0.15) is 0 Å². The quantitative estimate of drug-likeness (QED) is 0.732. The fourth-order valence-corrected chi connectivity index (χ4v) is 1.47. The molecule has 1 heterocycles. The van der Waals surface area contributed by atoms with E-state index in [0.29, 0.717) is 0 Å². The summed E-state index contributed by atoms with van der Waals surface area (Å²) in [5.41, 5.74) is 8.70. The molecule has 0 fully saturated rings. The van der Waals surface area contributed by atoms with Crippen LogP contribution in [0.15, 0.2) is 36.8 Å². The molecule has 0 aliphatic heterocycles. The number of nitrogens with zero attached hydrogens (tertiary/aromatic N) is 2. The van der Waals surface area contributed by atoms with E-state index in [4.69, 9.17) is 5.73 Å². The van der Waals surface area contributed by atoms with E-state index in [-0.39, 0.29) is 0 Å². The van der Waals surface area contributed by atoms with Crippen LogP contribution in [0, 0.1) is 0 Å². The summed E-state index contributed by atoms with van der Waals surface area (Å²) in [4.78, 5) is 4.12.